The first-order valence-corrected chi connectivity index (χ1v) is 4.98. The number of fused-ring (bicyclic) bond motifs is 1. The van der Waals surface area contributed by atoms with Crippen LogP contribution in [0.15, 0.2) is 18.6 Å². The summed E-state index contributed by atoms with van der Waals surface area (Å²) < 4.78 is 1.71. The second-order valence-electron chi connectivity index (χ2n) is 3.78. The lowest BCUT2D eigenvalue weighted by Crippen LogP contribution is -2.18. The molecule has 6 nitrogen and oxygen atoms in total. The number of carboxylic acids is 1. The Morgan fingerprint density at radius 1 is 1.44 bits per heavy atom. The van der Waals surface area contributed by atoms with Gasteiger partial charge in [0.15, 0.2) is 5.65 Å². The van der Waals surface area contributed by atoms with E-state index in [4.69, 9.17) is 5.11 Å². The zero-order valence-electron chi connectivity index (χ0n) is 9.03. The van der Waals surface area contributed by atoms with Crippen LogP contribution in [0.4, 0.5) is 0 Å². The van der Waals surface area contributed by atoms with Gasteiger partial charge in [-0.1, -0.05) is 13.8 Å². The van der Waals surface area contributed by atoms with E-state index in [-0.39, 0.29) is 5.92 Å². The second kappa shape index (κ2) is 3.88. The fourth-order valence-electron chi connectivity index (χ4n) is 1.51. The number of carboxylic acid groups (broad SMARTS) is 1. The predicted octanol–water partition coefficient (Wildman–Crippen LogP) is 0.948. The smallest absolute Gasteiger partial charge is 0.306 e. The summed E-state index contributed by atoms with van der Waals surface area (Å²) in [6.45, 7) is 3.48. The van der Waals surface area contributed by atoms with Gasteiger partial charge in [0.25, 0.3) is 0 Å². The molecule has 2 aromatic rings. The van der Waals surface area contributed by atoms with Crippen LogP contribution in [0.5, 0.6) is 0 Å². The van der Waals surface area contributed by atoms with E-state index in [1.165, 1.54) is 0 Å². The van der Waals surface area contributed by atoms with Crippen molar-refractivity contribution in [2.75, 3.05) is 0 Å². The fourth-order valence-corrected chi connectivity index (χ4v) is 1.51. The Morgan fingerprint density at radius 2 is 2.19 bits per heavy atom. The molecular formula is C10H12N4O2. The van der Waals surface area contributed by atoms with E-state index >= 15 is 0 Å². The highest BCUT2D eigenvalue weighted by Crippen LogP contribution is 2.22. The molecule has 0 fully saturated rings. The average Bonchev–Trinajstić information content (AvgIpc) is 2.70. The van der Waals surface area contributed by atoms with Crippen molar-refractivity contribution in [3.63, 3.8) is 0 Å². The van der Waals surface area contributed by atoms with Crippen molar-refractivity contribution in [3.8, 4) is 0 Å². The van der Waals surface area contributed by atoms with Crippen LogP contribution in [-0.2, 0) is 4.79 Å². The van der Waals surface area contributed by atoms with E-state index in [9.17, 15) is 4.79 Å². The molecule has 0 amide bonds. The van der Waals surface area contributed by atoms with Gasteiger partial charge in [0.1, 0.15) is 12.2 Å². The molecule has 1 N–H and O–H groups in total. The fraction of sp³-hybridized carbons (Fsp3) is 0.400. The quantitative estimate of drug-likeness (QED) is 0.832. The molecule has 0 radical (unpaired) electrons. The maximum absolute atomic E-state index is 10.9. The van der Waals surface area contributed by atoms with E-state index in [1.54, 1.807) is 29.9 Å². The van der Waals surface area contributed by atoms with Gasteiger partial charge in [-0.25, -0.2) is 4.98 Å². The molecule has 2 unspecified atom stereocenters. The lowest BCUT2D eigenvalue weighted by Gasteiger charge is -2.13. The van der Waals surface area contributed by atoms with Crippen LogP contribution in [0.1, 0.15) is 25.6 Å². The molecule has 2 rings (SSSR count). The zero-order chi connectivity index (χ0) is 11.7. The molecule has 0 spiro atoms. The zero-order valence-corrected chi connectivity index (χ0v) is 9.03. The number of nitrogens with zero attached hydrogens (tertiary/aromatic N) is 4. The van der Waals surface area contributed by atoms with E-state index in [1.807, 2.05) is 6.92 Å². The average molecular weight is 220 g/mol. The molecule has 0 aromatic carbocycles. The van der Waals surface area contributed by atoms with Gasteiger partial charge in [0, 0.05) is 18.2 Å². The molecule has 0 saturated carbocycles. The maximum Gasteiger partial charge on any atom is 0.306 e. The molecule has 0 aliphatic carbocycles. The molecule has 84 valence electrons. The van der Waals surface area contributed by atoms with Gasteiger partial charge < -0.3 is 5.11 Å². The van der Waals surface area contributed by atoms with Crippen LogP contribution >= 0.6 is 0 Å². The van der Waals surface area contributed by atoms with Crippen LogP contribution in [0.25, 0.3) is 5.65 Å². The Balaban J connectivity index is 2.44. The summed E-state index contributed by atoms with van der Waals surface area (Å²) in [7, 11) is 0. The van der Waals surface area contributed by atoms with Gasteiger partial charge in [-0.2, -0.15) is 0 Å². The number of aromatic nitrogens is 4. The summed E-state index contributed by atoms with van der Waals surface area (Å²) in [5.74, 6) is -0.935. The van der Waals surface area contributed by atoms with Crippen molar-refractivity contribution >= 4 is 11.6 Å². The molecule has 2 atom stereocenters. The number of carbonyl (C=O) groups is 1. The minimum Gasteiger partial charge on any atom is -0.481 e. The van der Waals surface area contributed by atoms with Crippen molar-refractivity contribution < 1.29 is 9.90 Å². The number of aliphatic carboxylic acids is 1. The van der Waals surface area contributed by atoms with Gasteiger partial charge in [-0.3, -0.25) is 9.20 Å². The molecule has 16 heavy (non-hydrogen) atoms. The van der Waals surface area contributed by atoms with Gasteiger partial charge in [-0.05, 0) is 0 Å². The topological polar surface area (TPSA) is 80.4 Å². The summed E-state index contributed by atoms with van der Waals surface area (Å²) in [6.07, 6.45) is 3.22. The third kappa shape index (κ3) is 1.62. The molecule has 2 aromatic heterocycles. The number of hydrogen-bond acceptors (Lipinski definition) is 4. The largest absolute Gasteiger partial charge is 0.481 e. The van der Waals surface area contributed by atoms with Gasteiger partial charge in [-0.15, -0.1) is 10.2 Å². The van der Waals surface area contributed by atoms with Crippen molar-refractivity contribution in [2.24, 2.45) is 5.92 Å². The first kappa shape index (κ1) is 10.5. The summed E-state index contributed by atoms with van der Waals surface area (Å²) in [5, 5.41) is 16.9. The van der Waals surface area contributed by atoms with Crippen molar-refractivity contribution in [3.05, 3.63) is 24.4 Å². The lowest BCUT2D eigenvalue weighted by atomic mass is 9.95. The predicted molar refractivity (Wildman–Crippen MR) is 56.0 cm³/mol. The van der Waals surface area contributed by atoms with Crippen LogP contribution in [-0.4, -0.2) is 30.7 Å². The molecule has 0 aliphatic rings. The van der Waals surface area contributed by atoms with Crippen LogP contribution in [0.2, 0.25) is 0 Å². The summed E-state index contributed by atoms with van der Waals surface area (Å²) in [4.78, 5) is 14.9. The van der Waals surface area contributed by atoms with Crippen molar-refractivity contribution in [2.45, 2.75) is 19.8 Å². The third-order valence-corrected chi connectivity index (χ3v) is 2.79. The molecule has 0 bridgehead atoms. The highest BCUT2D eigenvalue weighted by molar-refractivity contribution is 5.70. The maximum atomic E-state index is 10.9. The normalized spacial score (nSPS) is 14.9. The van der Waals surface area contributed by atoms with E-state index in [0.29, 0.717) is 11.5 Å². The van der Waals surface area contributed by atoms with Gasteiger partial charge in [0.05, 0.1) is 5.92 Å². The summed E-state index contributed by atoms with van der Waals surface area (Å²) in [6, 6.07) is 1.73. The Morgan fingerprint density at radius 3 is 2.88 bits per heavy atom. The van der Waals surface area contributed by atoms with Gasteiger partial charge >= 0.3 is 5.97 Å². The van der Waals surface area contributed by atoms with Crippen molar-refractivity contribution in [1.82, 2.24) is 19.6 Å². The Labute approximate surface area is 92.0 Å². The molecular weight excluding hydrogens is 208 g/mol. The summed E-state index contributed by atoms with van der Waals surface area (Å²) >= 11 is 0. The lowest BCUT2D eigenvalue weighted by molar-refractivity contribution is -0.141. The van der Waals surface area contributed by atoms with Crippen LogP contribution in [0.3, 0.4) is 0 Å². The molecule has 0 saturated heterocycles. The summed E-state index contributed by atoms with van der Waals surface area (Å²) in [5.41, 5.74) is 0.675. The van der Waals surface area contributed by atoms with Crippen LogP contribution < -0.4 is 0 Å². The standard InChI is InChI=1S/C10H12N4O2/c1-6(7(2)10(15)16)9-13-12-8-3-4-11-5-14(8)9/h3-7H,1-2H3,(H,15,16). The number of rotatable bonds is 3. The first-order chi connectivity index (χ1) is 7.61. The Hall–Kier alpha value is -1.98. The van der Waals surface area contributed by atoms with Crippen LogP contribution in [0, 0.1) is 5.92 Å². The molecule has 0 aliphatic heterocycles. The highest BCUT2D eigenvalue weighted by Gasteiger charge is 2.24. The van der Waals surface area contributed by atoms with E-state index in [0.717, 1.165) is 0 Å². The second-order valence-corrected chi connectivity index (χ2v) is 3.78. The minimum absolute atomic E-state index is 0.211. The minimum atomic E-state index is -0.840. The molecule has 6 heteroatoms. The SMILES string of the molecule is CC(C(=O)O)C(C)c1nnc2ccncn12. The third-order valence-electron chi connectivity index (χ3n) is 2.79. The number of hydrogen-bond donors (Lipinski definition) is 1. The Bertz CT molecular complexity index is 522. The van der Waals surface area contributed by atoms with Crippen molar-refractivity contribution in [1.29, 1.82) is 0 Å². The van der Waals surface area contributed by atoms with Gasteiger partial charge in [0.2, 0.25) is 0 Å². The highest BCUT2D eigenvalue weighted by atomic mass is 16.4. The Kier molecular flexibility index (Phi) is 2.55. The monoisotopic (exact) mass is 220 g/mol. The van der Waals surface area contributed by atoms with E-state index in [2.05, 4.69) is 15.2 Å². The molecule has 2 heterocycles. The first-order valence-electron chi connectivity index (χ1n) is 4.98. The van der Waals surface area contributed by atoms with E-state index < -0.39 is 11.9 Å².